The van der Waals surface area contributed by atoms with Gasteiger partial charge >= 0.3 is 5.97 Å². The molecule has 1 aromatic heterocycles. The zero-order valence-electron chi connectivity index (χ0n) is 14.8. The summed E-state index contributed by atoms with van der Waals surface area (Å²) in [6.45, 7) is 0.873. The van der Waals surface area contributed by atoms with Gasteiger partial charge in [0.25, 0.3) is 0 Å². The summed E-state index contributed by atoms with van der Waals surface area (Å²) in [4.78, 5) is 16.5. The van der Waals surface area contributed by atoms with Crippen LogP contribution >= 0.6 is 0 Å². The Morgan fingerprint density at radius 1 is 1.00 bits per heavy atom. The lowest BCUT2D eigenvalue weighted by atomic mass is 10.0. The van der Waals surface area contributed by atoms with Crippen LogP contribution in [0.4, 0.5) is 0 Å². The molecule has 1 aliphatic heterocycles. The molecule has 2 heterocycles. The van der Waals surface area contributed by atoms with Crippen LogP contribution in [-0.4, -0.2) is 43.5 Å². The van der Waals surface area contributed by atoms with E-state index in [1.807, 2.05) is 0 Å². The topological polar surface area (TPSA) is 87.1 Å². The standard InChI is InChI=1S/C20H17NO6/c1-24-16-4-3-11(7-17(16)25-2)14-8-13(20(22)23)12-9-18-19(10-15(12)21-14)27-6-5-26-18/h3-4,7-10H,5-6H2,1-2H3,(H,22,23). The van der Waals surface area contributed by atoms with Gasteiger partial charge in [-0.25, -0.2) is 9.78 Å². The number of aromatic carboxylic acids is 1. The molecule has 3 aromatic rings. The molecule has 0 saturated carbocycles. The normalized spacial score (nSPS) is 12.7. The van der Waals surface area contributed by atoms with Crippen LogP contribution in [-0.2, 0) is 0 Å². The highest BCUT2D eigenvalue weighted by molar-refractivity contribution is 6.04. The highest BCUT2D eigenvalue weighted by Gasteiger charge is 2.19. The number of pyridine rings is 1. The Morgan fingerprint density at radius 2 is 1.70 bits per heavy atom. The molecule has 2 aromatic carbocycles. The number of carboxylic acids is 1. The average molecular weight is 367 g/mol. The van der Waals surface area contributed by atoms with Gasteiger partial charge in [-0.05, 0) is 30.3 Å². The number of benzene rings is 2. The van der Waals surface area contributed by atoms with Crippen molar-refractivity contribution in [2.45, 2.75) is 0 Å². The molecule has 0 fully saturated rings. The summed E-state index contributed by atoms with van der Waals surface area (Å²) in [6, 6.07) is 10.2. The lowest BCUT2D eigenvalue weighted by Crippen LogP contribution is -2.15. The van der Waals surface area contributed by atoms with Crippen LogP contribution in [0.1, 0.15) is 10.4 Å². The molecule has 0 radical (unpaired) electrons. The Bertz CT molecular complexity index is 1050. The SMILES string of the molecule is COc1ccc(-c2cc(C(=O)O)c3cc4c(cc3n2)OCCO4)cc1OC. The van der Waals surface area contributed by atoms with Crippen molar-refractivity contribution >= 4 is 16.9 Å². The molecule has 1 aliphatic rings. The third kappa shape index (κ3) is 2.97. The molecule has 0 bridgehead atoms. The van der Waals surface area contributed by atoms with Crippen molar-refractivity contribution in [1.29, 1.82) is 0 Å². The summed E-state index contributed by atoms with van der Waals surface area (Å²) in [5.74, 6) is 1.16. The highest BCUT2D eigenvalue weighted by Crippen LogP contribution is 2.37. The van der Waals surface area contributed by atoms with Gasteiger partial charge in [-0.1, -0.05) is 0 Å². The zero-order valence-corrected chi connectivity index (χ0v) is 14.8. The number of carboxylic acid groups (broad SMARTS) is 1. The maximum Gasteiger partial charge on any atom is 0.336 e. The minimum Gasteiger partial charge on any atom is -0.493 e. The molecule has 4 rings (SSSR count). The fraction of sp³-hybridized carbons (Fsp3) is 0.200. The molecule has 0 unspecified atom stereocenters. The summed E-state index contributed by atoms with van der Waals surface area (Å²) in [5.41, 5.74) is 1.88. The van der Waals surface area contributed by atoms with Crippen LogP contribution in [0, 0.1) is 0 Å². The second kappa shape index (κ2) is 6.68. The molecule has 0 saturated heterocycles. The second-order valence-electron chi connectivity index (χ2n) is 5.94. The van der Waals surface area contributed by atoms with Crippen molar-refractivity contribution in [3.63, 3.8) is 0 Å². The Hall–Kier alpha value is -3.48. The van der Waals surface area contributed by atoms with Gasteiger partial charge in [0.2, 0.25) is 0 Å². The number of aromatic nitrogens is 1. The first-order chi connectivity index (χ1) is 13.1. The lowest BCUT2D eigenvalue weighted by molar-refractivity contribution is 0.0699. The van der Waals surface area contributed by atoms with Gasteiger partial charge in [0.15, 0.2) is 23.0 Å². The predicted molar refractivity (Wildman–Crippen MR) is 98.2 cm³/mol. The van der Waals surface area contributed by atoms with Crippen molar-refractivity contribution in [2.24, 2.45) is 0 Å². The fourth-order valence-corrected chi connectivity index (χ4v) is 3.08. The number of rotatable bonds is 4. The van der Waals surface area contributed by atoms with E-state index in [4.69, 9.17) is 18.9 Å². The Morgan fingerprint density at radius 3 is 2.37 bits per heavy atom. The molecule has 0 amide bonds. The van der Waals surface area contributed by atoms with Gasteiger partial charge in [-0.15, -0.1) is 0 Å². The highest BCUT2D eigenvalue weighted by atomic mass is 16.6. The smallest absolute Gasteiger partial charge is 0.336 e. The molecular weight excluding hydrogens is 350 g/mol. The summed E-state index contributed by atoms with van der Waals surface area (Å²) in [7, 11) is 3.10. The van der Waals surface area contributed by atoms with E-state index in [0.29, 0.717) is 58.4 Å². The molecule has 138 valence electrons. The number of fused-ring (bicyclic) bond motifs is 2. The quantitative estimate of drug-likeness (QED) is 0.756. The van der Waals surface area contributed by atoms with Crippen molar-refractivity contribution in [3.05, 3.63) is 42.0 Å². The van der Waals surface area contributed by atoms with Gasteiger partial charge in [0.05, 0.1) is 31.0 Å². The van der Waals surface area contributed by atoms with E-state index in [0.717, 1.165) is 0 Å². The maximum absolute atomic E-state index is 11.8. The second-order valence-corrected chi connectivity index (χ2v) is 5.94. The van der Waals surface area contributed by atoms with Gasteiger partial charge < -0.3 is 24.1 Å². The first-order valence-electron chi connectivity index (χ1n) is 8.31. The minimum absolute atomic E-state index is 0.141. The van der Waals surface area contributed by atoms with Crippen molar-refractivity contribution in [2.75, 3.05) is 27.4 Å². The molecule has 0 atom stereocenters. The first-order valence-corrected chi connectivity index (χ1v) is 8.31. The monoisotopic (exact) mass is 367 g/mol. The summed E-state index contributed by atoms with van der Waals surface area (Å²) >= 11 is 0. The summed E-state index contributed by atoms with van der Waals surface area (Å²) in [6.07, 6.45) is 0. The lowest BCUT2D eigenvalue weighted by Gasteiger charge is -2.19. The third-order valence-corrected chi connectivity index (χ3v) is 4.38. The van der Waals surface area contributed by atoms with Gasteiger partial charge in [-0.3, -0.25) is 0 Å². The Balaban J connectivity index is 1.92. The van der Waals surface area contributed by atoms with E-state index in [9.17, 15) is 9.90 Å². The van der Waals surface area contributed by atoms with Gasteiger partial charge in [-0.2, -0.15) is 0 Å². The Kier molecular flexibility index (Phi) is 4.19. The van der Waals surface area contributed by atoms with E-state index in [1.165, 1.54) is 0 Å². The average Bonchev–Trinajstić information content (AvgIpc) is 2.70. The van der Waals surface area contributed by atoms with E-state index in [-0.39, 0.29) is 5.56 Å². The van der Waals surface area contributed by atoms with Crippen molar-refractivity contribution in [1.82, 2.24) is 4.98 Å². The molecule has 27 heavy (non-hydrogen) atoms. The van der Waals surface area contributed by atoms with E-state index in [1.54, 1.807) is 50.6 Å². The van der Waals surface area contributed by atoms with Crippen LogP contribution < -0.4 is 18.9 Å². The molecule has 7 heteroatoms. The predicted octanol–water partition coefficient (Wildman–Crippen LogP) is 3.39. The first kappa shape index (κ1) is 17.0. The summed E-state index contributed by atoms with van der Waals surface area (Å²) < 4.78 is 21.7. The largest absolute Gasteiger partial charge is 0.493 e. The Labute approximate surface area is 155 Å². The zero-order chi connectivity index (χ0) is 19.0. The van der Waals surface area contributed by atoms with Gasteiger partial charge in [0, 0.05) is 17.0 Å². The number of carbonyl (C=O) groups is 1. The van der Waals surface area contributed by atoms with Crippen LogP contribution in [0.25, 0.3) is 22.2 Å². The van der Waals surface area contributed by atoms with E-state index < -0.39 is 5.97 Å². The summed E-state index contributed by atoms with van der Waals surface area (Å²) in [5, 5.41) is 10.2. The third-order valence-electron chi connectivity index (χ3n) is 4.38. The van der Waals surface area contributed by atoms with E-state index >= 15 is 0 Å². The van der Waals surface area contributed by atoms with Gasteiger partial charge in [0.1, 0.15) is 13.2 Å². The van der Waals surface area contributed by atoms with Crippen molar-refractivity contribution < 1.29 is 28.8 Å². The maximum atomic E-state index is 11.8. The number of nitrogens with zero attached hydrogens (tertiary/aromatic N) is 1. The minimum atomic E-state index is -1.04. The van der Waals surface area contributed by atoms with Crippen LogP contribution in [0.15, 0.2) is 36.4 Å². The van der Waals surface area contributed by atoms with Crippen molar-refractivity contribution in [3.8, 4) is 34.3 Å². The molecule has 0 spiro atoms. The van der Waals surface area contributed by atoms with Crippen LogP contribution in [0.3, 0.4) is 0 Å². The van der Waals surface area contributed by atoms with Crippen LogP contribution in [0.5, 0.6) is 23.0 Å². The molecule has 7 nitrogen and oxygen atoms in total. The fourth-order valence-electron chi connectivity index (χ4n) is 3.08. The van der Waals surface area contributed by atoms with E-state index in [2.05, 4.69) is 4.98 Å². The number of hydrogen-bond acceptors (Lipinski definition) is 6. The number of methoxy groups -OCH3 is 2. The molecular formula is C20H17NO6. The molecule has 1 N–H and O–H groups in total. The number of hydrogen-bond donors (Lipinski definition) is 1. The molecule has 0 aliphatic carbocycles. The van der Waals surface area contributed by atoms with Crippen LogP contribution in [0.2, 0.25) is 0 Å². The number of ether oxygens (including phenoxy) is 4.